The molecule has 5 N–H and O–H groups in total. The van der Waals surface area contributed by atoms with Crippen molar-refractivity contribution >= 4 is 74.9 Å². The molecule has 250 valence electrons. The van der Waals surface area contributed by atoms with E-state index >= 15 is 0 Å². The Morgan fingerprint density at radius 1 is 0.729 bits per heavy atom. The molecule has 0 saturated heterocycles. The zero-order valence-corrected chi connectivity index (χ0v) is 28.2. The van der Waals surface area contributed by atoms with Crippen molar-refractivity contribution in [2.24, 2.45) is 0 Å². The van der Waals surface area contributed by atoms with E-state index in [-0.39, 0.29) is 12.8 Å². The lowest BCUT2D eigenvalue weighted by molar-refractivity contribution is -0.137. The normalized spacial score (nSPS) is 12.5. The Morgan fingerprint density at radius 3 is 1.52 bits per heavy atom. The Morgan fingerprint density at radius 2 is 1.15 bits per heavy atom. The molecule has 0 saturated carbocycles. The highest BCUT2D eigenvalue weighted by Gasteiger charge is 2.22. The fourth-order valence-corrected chi connectivity index (χ4v) is 5.87. The van der Waals surface area contributed by atoms with Gasteiger partial charge in [0.1, 0.15) is 0 Å². The number of carbonyl (C=O) groups is 3. The number of aromatic nitrogens is 4. The second-order valence-electron chi connectivity index (χ2n) is 11.9. The molecule has 0 unspecified atom stereocenters. The molecule has 5 heterocycles. The van der Waals surface area contributed by atoms with Crippen LogP contribution in [0.25, 0.3) is 56.5 Å². The zero-order chi connectivity index (χ0) is 35.3. The zero-order valence-electron chi connectivity index (χ0n) is 28.2. The summed E-state index contributed by atoms with van der Waals surface area (Å²) in [6.07, 6.45) is 4.82. The number of rotatable bonds is 10. The molecule has 0 fully saturated rings. The van der Waals surface area contributed by atoms with Crippen molar-refractivity contribution in [3.05, 3.63) is 82.5 Å². The molecule has 0 aromatic carbocycles. The highest BCUT2D eigenvalue weighted by atomic mass is 16.4. The van der Waals surface area contributed by atoms with Gasteiger partial charge in [-0.3, -0.25) is 19.8 Å². The van der Waals surface area contributed by atoms with Gasteiger partial charge in [-0.25, -0.2) is 15.0 Å². The van der Waals surface area contributed by atoms with E-state index in [4.69, 9.17) is 9.97 Å². The van der Waals surface area contributed by atoms with Crippen LogP contribution in [0, 0.1) is 13.8 Å². The van der Waals surface area contributed by atoms with E-state index in [1.54, 1.807) is 19.1 Å². The van der Waals surface area contributed by atoms with Crippen molar-refractivity contribution in [1.82, 2.24) is 30.4 Å². The quantitative estimate of drug-likeness (QED) is 0.115. The summed E-state index contributed by atoms with van der Waals surface area (Å²) in [5.41, 5.74) is 16.1. The second-order valence-corrected chi connectivity index (χ2v) is 11.9. The number of hydrogen-bond donors (Lipinski definition) is 5. The summed E-state index contributed by atoms with van der Waals surface area (Å²) < 4.78 is 0. The number of hydrogen-bond acceptors (Lipinski definition) is 6. The number of nitrogens with zero attached hydrogens (tertiary/aromatic N) is 3. The van der Waals surface area contributed by atoms with Crippen LogP contribution >= 0.6 is 0 Å². The average Bonchev–Trinajstić information content (AvgIpc) is 3.68. The molecular weight excluding hydrogens is 608 g/mol. The number of carboxylic acid groups (broad SMARTS) is 2. The van der Waals surface area contributed by atoms with Crippen LogP contribution in [0.15, 0.2) is 37.4 Å². The molecule has 3 aromatic heterocycles. The van der Waals surface area contributed by atoms with Gasteiger partial charge >= 0.3 is 11.9 Å². The van der Waals surface area contributed by atoms with Crippen molar-refractivity contribution in [3.8, 4) is 0 Å². The smallest absolute Gasteiger partial charge is 0.303 e. The van der Waals surface area contributed by atoms with Gasteiger partial charge in [-0.2, -0.15) is 0 Å². The maximum Gasteiger partial charge on any atom is 0.303 e. The van der Waals surface area contributed by atoms with Crippen LogP contribution in [0.4, 0.5) is 0 Å². The molecule has 2 aliphatic heterocycles. The lowest BCUT2D eigenvalue weighted by Crippen LogP contribution is -2.28. The summed E-state index contributed by atoms with van der Waals surface area (Å²) in [7, 11) is 3.49. The first kappa shape index (κ1) is 35.3. The second kappa shape index (κ2) is 14.9. The number of hydrazine groups is 1. The van der Waals surface area contributed by atoms with E-state index in [2.05, 4.69) is 34.6 Å². The molecule has 8 bridgehead atoms. The third-order valence-electron chi connectivity index (χ3n) is 8.53. The van der Waals surface area contributed by atoms with Crippen molar-refractivity contribution in [3.63, 3.8) is 0 Å². The Kier molecular flexibility index (Phi) is 11.0. The van der Waals surface area contributed by atoms with Crippen LogP contribution in [-0.2, 0) is 14.4 Å². The van der Waals surface area contributed by atoms with Crippen LogP contribution in [-0.4, -0.2) is 67.6 Å². The van der Waals surface area contributed by atoms with Crippen LogP contribution in [0.3, 0.4) is 0 Å². The fraction of sp³-hybridized carbons (Fsp3) is 0.270. The SMILES string of the molecule is C=Cc1c(C)c2cc3[nH]c(cc4nc(cc5nc(cc1[nH]2)C(C)=C5CCC(=O)O)C(CCC(=O)O)=C4C)c(C)c3C=C.CN(C)NC=O. The molecule has 5 rings (SSSR count). The van der Waals surface area contributed by atoms with Gasteiger partial charge in [-0.1, -0.05) is 25.3 Å². The van der Waals surface area contributed by atoms with E-state index in [1.807, 2.05) is 58.0 Å². The van der Waals surface area contributed by atoms with Crippen molar-refractivity contribution in [2.75, 3.05) is 14.1 Å². The molecule has 2 aliphatic rings. The topological polar surface area (TPSA) is 164 Å². The lowest BCUT2D eigenvalue weighted by Gasteiger charge is -2.05. The third kappa shape index (κ3) is 7.53. The summed E-state index contributed by atoms with van der Waals surface area (Å²) in [6, 6.07) is 7.88. The summed E-state index contributed by atoms with van der Waals surface area (Å²) in [5, 5.41) is 20.5. The first-order chi connectivity index (χ1) is 22.8. The standard InChI is InChI=1S/C34H34N4O4.C3H8N2O/c1-7-21-17(3)25-13-26-19(5)23(9-11-33(39)40)31(37-26)16-32-24(10-12-34(41)42)20(6)28(38-32)15-30-22(8-2)18(4)27(36-30)14-29(21)35-25;1-5(2)4-3-6/h7-8,13-16,35-36H,1-2,9-12H2,3-6H3,(H,39,40)(H,41,42);3H,1-2H3,(H,4,6). The number of aromatic amines is 2. The number of carbonyl (C=O) groups excluding carboxylic acids is 1. The van der Waals surface area contributed by atoms with E-state index in [0.717, 1.165) is 78.0 Å². The summed E-state index contributed by atoms with van der Waals surface area (Å²) in [5.74, 6) is -1.78. The Labute approximate surface area is 279 Å². The highest BCUT2D eigenvalue weighted by Crippen LogP contribution is 2.38. The minimum absolute atomic E-state index is 0.0367. The molecule has 0 radical (unpaired) electrons. The highest BCUT2D eigenvalue weighted by molar-refractivity contribution is 5.97. The van der Waals surface area contributed by atoms with Crippen LogP contribution in [0.1, 0.15) is 84.6 Å². The van der Waals surface area contributed by atoms with Gasteiger partial charge in [0.15, 0.2) is 0 Å². The van der Waals surface area contributed by atoms with Crippen LogP contribution in [0.5, 0.6) is 0 Å². The minimum Gasteiger partial charge on any atom is -0.481 e. The molecule has 0 atom stereocenters. The maximum atomic E-state index is 11.5. The molecule has 11 heteroatoms. The predicted octanol–water partition coefficient (Wildman–Crippen LogP) is 7.02. The van der Waals surface area contributed by atoms with Gasteiger partial charge in [0.05, 0.1) is 22.8 Å². The van der Waals surface area contributed by atoms with Crippen LogP contribution < -0.4 is 5.43 Å². The van der Waals surface area contributed by atoms with Crippen molar-refractivity contribution < 1.29 is 24.6 Å². The van der Waals surface area contributed by atoms with Gasteiger partial charge in [0, 0.05) is 60.1 Å². The van der Waals surface area contributed by atoms with Crippen LogP contribution in [0.2, 0.25) is 0 Å². The molecule has 11 nitrogen and oxygen atoms in total. The number of nitrogens with one attached hydrogen (secondary N) is 3. The number of aliphatic carboxylic acids is 2. The first-order valence-corrected chi connectivity index (χ1v) is 15.5. The minimum atomic E-state index is -0.889. The molecule has 48 heavy (non-hydrogen) atoms. The number of amides is 1. The first-order valence-electron chi connectivity index (χ1n) is 15.5. The number of fused-ring (bicyclic) bond motifs is 8. The maximum absolute atomic E-state index is 11.5. The number of H-pyrrole nitrogens is 2. The summed E-state index contributed by atoms with van der Waals surface area (Å²) in [6.45, 7) is 16.1. The molecule has 3 aromatic rings. The number of aryl methyl sites for hydroxylation is 2. The average molecular weight is 651 g/mol. The largest absolute Gasteiger partial charge is 0.481 e. The van der Waals surface area contributed by atoms with E-state index in [1.165, 1.54) is 0 Å². The Balaban J connectivity index is 0.000000794. The molecule has 0 spiro atoms. The van der Waals surface area contributed by atoms with Gasteiger partial charge in [0.2, 0.25) is 6.41 Å². The lowest BCUT2D eigenvalue weighted by atomic mass is 9.98. The summed E-state index contributed by atoms with van der Waals surface area (Å²) >= 11 is 0. The van der Waals surface area contributed by atoms with Gasteiger partial charge in [-0.15, -0.1) is 0 Å². The number of carboxylic acids is 2. The Bertz CT molecular complexity index is 2040. The molecule has 1 amide bonds. The Hall–Kier alpha value is -5.55. The van der Waals surface area contributed by atoms with E-state index in [9.17, 15) is 24.6 Å². The van der Waals surface area contributed by atoms with Gasteiger partial charge in [-0.05, 0) is 98.2 Å². The van der Waals surface area contributed by atoms with Crippen molar-refractivity contribution in [2.45, 2.75) is 53.4 Å². The molecule has 0 aliphatic carbocycles. The van der Waals surface area contributed by atoms with Gasteiger partial charge < -0.3 is 20.2 Å². The van der Waals surface area contributed by atoms with E-state index < -0.39 is 11.9 Å². The fourth-order valence-electron chi connectivity index (χ4n) is 5.87. The predicted molar refractivity (Wildman–Crippen MR) is 192 cm³/mol. The van der Waals surface area contributed by atoms with E-state index in [0.29, 0.717) is 30.6 Å². The number of allylic oxidation sites excluding steroid dienone is 4. The molecular formula is C37H42N6O5. The van der Waals surface area contributed by atoms with Crippen molar-refractivity contribution in [1.29, 1.82) is 0 Å². The third-order valence-corrected chi connectivity index (χ3v) is 8.53. The monoisotopic (exact) mass is 650 g/mol. The van der Waals surface area contributed by atoms with Gasteiger partial charge in [0.25, 0.3) is 0 Å². The summed E-state index contributed by atoms with van der Waals surface area (Å²) in [4.78, 5) is 49.5.